The Balaban J connectivity index is 1.79. The van der Waals surface area contributed by atoms with E-state index in [4.69, 9.17) is 5.73 Å². The molecule has 0 spiro atoms. The van der Waals surface area contributed by atoms with Crippen molar-refractivity contribution in [3.05, 3.63) is 16.4 Å². The van der Waals surface area contributed by atoms with Crippen molar-refractivity contribution in [3.8, 4) is 0 Å². The van der Waals surface area contributed by atoms with E-state index in [0.717, 1.165) is 12.3 Å². The molecule has 2 aliphatic rings. The number of nitrogens with one attached hydrogen (secondary N) is 1. The van der Waals surface area contributed by atoms with Crippen molar-refractivity contribution in [2.45, 2.75) is 43.9 Å². The van der Waals surface area contributed by atoms with Crippen LogP contribution in [0, 0.1) is 11.8 Å². The van der Waals surface area contributed by atoms with Gasteiger partial charge in [0.05, 0.1) is 0 Å². The molecule has 1 aromatic heterocycles. The molecule has 17 heavy (non-hydrogen) atoms. The fourth-order valence-electron chi connectivity index (χ4n) is 3.54. The van der Waals surface area contributed by atoms with Crippen LogP contribution in [0.4, 0.5) is 0 Å². The van der Waals surface area contributed by atoms with Crippen LogP contribution in [0.5, 0.6) is 0 Å². The van der Waals surface area contributed by atoms with Crippen LogP contribution in [-0.2, 0) is 5.41 Å². The first-order chi connectivity index (χ1) is 8.26. The van der Waals surface area contributed by atoms with Gasteiger partial charge >= 0.3 is 5.76 Å². The predicted molar refractivity (Wildman–Crippen MR) is 62.5 cm³/mol. The second kappa shape index (κ2) is 3.98. The Bertz CT molecular complexity index is 447. The molecular formula is C12H19N3O2. The molecule has 0 aliphatic heterocycles. The largest absolute Gasteiger partial charge is 0.438 e. The number of nitrogens with two attached hydrogens (primary N) is 1. The van der Waals surface area contributed by atoms with Crippen LogP contribution in [-0.4, -0.2) is 16.7 Å². The minimum absolute atomic E-state index is 0.103. The summed E-state index contributed by atoms with van der Waals surface area (Å²) in [5.74, 6) is 1.55. The molecule has 0 aromatic carbocycles. The zero-order chi connectivity index (χ0) is 11.9. The number of hydrogen-bond acceptors (Lipinski definition) is 4. The van der Waals surface area contributed by atoms with Gasteiger partial charge in [0, 0.05) is 12.0 Å². The molecular weight excluding hydrogens is 218 g/mol. The topological polar surface area (TPSA) is 84.9 Å². The Labute approximate surface area is 99.8 Å². The highest BCUT2D eigenvalue weighted by molar-refractivity contribution is 5.23. The summed E-state index contributed by atoms with van der Waals surface area (Å²) < 4.78 is 4.61. The van der Waals surface area contributed by atoms with Crippen LogP contribution in [0.3, 0.4) is 0 Å². The van der Waals surface area contributed by atoms with E-state index in [-0.39, 0.29) is 5.41 Å². The Morgan fingerprint density at radius 2 is 2.18 bits per heavy atom. The minimum Gasteiger partial charge on any atom is -0.329 e. The number of hydrogen-bond donors (Lipinski definition) is 2. The summed E-state index contributed by atoms with van der Waals surface area (Å²) in [6.45, 7) is 0.552. The molecule has 1 heterocycles. The first-order valence-electron chi connectivity index (χ1n) is 6.53. The van der Waals surface area contributed by atoms with E-state index >= 15 is 0 Å². The number of rotatable bonds is 3. The molecule has 94 valence electrons. The number of nitrogens with zero attached hydrogens (tertiary/aromatic N) is 1. The number of H-pyrrole nitrogens is 1. The maximum Gasteiger partial charge on any atom is 0.438 e. The summed E-state index contributed by atoms with van der Waals surface area (Å²) in [7, 11) is 0. The third kappa shape index (κ3) is 1.73. The maximum atomic E-state index is 11.0. The third-order valence-electron chi connectivity index (χ3n) is 4.63. The molecule has 0 radical (unpaired) electrons. The lowest BCUT2D eigenvalue weighted by molar-refractivity contribution is 0.295. The van der Waals surface area contributed by atoms with Gasteiger partial charge in [-0.05, 0) is 18.3 Å². The lowest BCUT2D eigenvalue weighted by atomic mass is 9.82. The van der Waals surface area contributed by atoms with E-state index in [0.29, 0.717) is 18.3 Å². The fourth-order valence-corrected chi connectivity index (χ4v) is 3.54. The molecule has 2 saturated carbocycles. The van der Waals surface area contributed by atoms with Crippen molar-refractivity contribution in [3.63, 3.8) is 0 Å². The van der Waals surface area contributed by atoms with E-state index in [1.54, 1.807) is 0 Å². The van der Waals surface area contributed by atoms with Gasteiger partial charge in [-0.3, -0.25) is 9.51 Å². The second-order valence-electron chi connectivity index (χ2n) is 5.51. The van der Waals surface area contributed by atoms with Crippen LogP contribution in [0.1, 0.15) is 44.3 Å². The fraction of sp³-hybridized carbons (Fsp3) is 0.833. The first-order valence-corrected chi connectivity index (χ1v) is 6.53. The van der Waals surface area contributed by atoms with Crippen LogP contribution in [0.2, 0.25) is 0 Å². The van der Waals surface area contributed by atoms with Gasteiger partial charge in [0.2, 0.25) is 0 Å². The molecule has 2 fully saturated rings. The second-order valence-corrected chi connectivity index (χ2v) is 5.51. The number of aromatic amines is 1. The maximum absolute atomic E-state index is 11.0. The van der Waals surface area contributed by atoms with Crippen molar-refractivity contribution in [1.82, 2.24) is 10.1 Å². The monoisotopic (exact) mass is 237 g/mol. The summed E-state index contributed by atoms with van der Waals surface area (Å²) in [5, 5.41) is 3.84. The Kier molecular flexibility index (Phi) is 2.58. The zero-order valence-corrected chi connectivity index (χ0v) is 9.95. The molecule has 3 rings (SSSR count). The normalized spacial score (nSPS) is 33.8. The molecule has 2 aliphatic carbocycles. The van der Waals surface area contributed by atoms with Crippen molar-refractivity contribution >= 4 is 0 Å². The van der Waals surface area contributed by atoms with Crippen LogP contribution < -0.4 is 11.5 Å². The van der Waals surface area contributed by atoms with E-state index < -0.39 is 5.76 Å². The lowest BCUT2D eigenvalue weighted by Crippen LogP contribution is -2.27. The van der Waals surface area contributed by atoms with Gasteiger partial charge in [-0.2, -0.15) is 0 Å². The highest BCUT2D eigenvalue weighted by Crippen LogP contribution is 2.58. The standard InChI is InChI=1S/C12H19N3O2/c13-7-12(10-14-11(16)17-15-10)6-9(12)8-4-2-1-3-5-8/h8-9H,1-7,13H2,(H,14,15,16). The van der Waals surface area contributed by atoms with Crippen LogP contribution in [0.15, 0.2) is 9.32 Å². The summed E-state index contributed by atoms with van der Waals surface area (Å²) in [6.07, 6.45) is 7.67. The number of aromatic nitrogens is 2. The van der Waals surface area contributed by atoms with Gasteiger partial charge in [-0.25, -0.2) is 4.79 Å². The molecule has 5 heteroatoms. The highest BCUT2D eigenvalue weighted by Gasteiger charge is 2.59. The van der Waals surface area contributed by atoms with Crippen LogP contribution >= 0.6 is 0 Å². The lowest BCUT2D eigenvalue weighted by Gasteiger charge is -2.24. The van der Waals surface area contributed by atoms with Gasteiger partial charge in [-0.15, -0.1) is 0 Å². The summed E-state index contributed by atoms with van der Waals surface area (Å²) in [5.41, 5.74) is 5.80. The van der Waals surface area contributed by atoms with Crippen molar-refractivity contribution in [2.75, 3.05) is 6.54 Å². The van der Waals surface area contributed by atoms with Crippen molar-refractivity contribution < 1.29 is 4.52 Å². The molecule has 0 saturated heterocycles. The van der Waals surface area contributed by atoms with Crippen LogP contribution in [0.25, 0.3) is 0 Å². The Morgan fingerprint density at radius 3 is 2.76 bits per heavy atom. The van der Waals surface area contributed by atoms with E-state index in [1.807, 2.05) is 0 Å². The quantitative estimate of drug-likeness (QED) is 0.826. The smallest absolute Gasteiger partial charge is 0.329 e. The SMILES string of the molecule is NCC1(c2noc(=O)[nH]2)CC1C1CCCCC1. The molecule has 2 atom stereocenters. The molecule has 1 aromatic rings. The zero-order valence-electron chi connectivity index (χ0n) is 9.95. The van der Waals surface area contributed by atoms with Gasteiger partial charge in [0.15, 0.2) is 5.82 Å². The molecule has 3 N–H and O–H groups in total. The Morgan fingerprint density at radius 1 is 1.41 bits per heavy atom. The average molecular weight is 237 g/mol. The highest BCUT2D eigenvalue weighted by atomic mass is 16.5. The van der Waals surface area contributed by atoms with E-state index in [2.05, 4.69) is 14.7 Å². The van der Waals surface area contributed by atoms with Gasteiger partial charge < -0.3 is 5.73 Å². The van der Waals surface area contributed by atoms with Crippen molar-refractivity contribution in [1.29, 1.82) is 0 Å². The molecule has 2 unspecified atom stereocenters. The van der Waals surface area contributed by atoms with Gasteiger partial charge in [0.1, 0.15) is 0 Å². The predicted octanol–water partition coefficient (Wildman–Crippen LogP) is 1.16. The first kappa shape index (κ1) is 11.0. The Hall–Kier alpha value is -1.10. The van der Waals surface area contributed by atoms with E-state index in [1.165, 1.54) is 32.1 Å². The summed E-state index contributed by atoms with van der Waals surface area (Å²) >= 11 is 0. The minimum atomic E-state index is -0.470. The molecule has 0 bridgehead atoms. The average Bonchev–Trinajstić information content (AvgIpc) is 2.98. The van der Waals surface area contributed by atoms with Crippen molar-refractivity contribution in [2.24, 2.45) is 17.6 Å². The van der Waals surface area contributed by atoms with E-state index in [9.17, 15) is 4.79 Å². The molecule has 5 nitrogen and oxygen atoms in total. The van der Waals surface area contributed by atoms with Gasteiger partial charge in [0.25, 0.3) is 0 Å². The van der Waals surface area contributed by atoms with Gasteiger partial charge in [-0.1, -0.05) is 37.3 Å². The third-order valence-corrected chi connectivity index (χ3v) is 4.63. The molecule has 0 amide bonds. The summed E-state index contributed by atoms with van der Waals surface area (Å²) in [4.78, 5) is 13.7. The summed E-state index contributed by atoms with van der Waals surface area (Å²) in [6, 6.07) is 0.